The molecule has 76 valence electrons. The Kier molecular flexibility index (Phi) is 3.27. The van der Waals surface area contributed by atoms with Gasteiger partial charge in [0.15, 0.2) is 0 Å². The van der Waals surface area contributed by atoms with Crippen molar-refractivity contribution in [3.63, 3.8) is 0 Å². The number of hydrogen-bond acceptors (Lipinski definition) is 3. The highest BCUT2D eigenvalue weighted by Gasteiger charge is 2.36. The van der Waals surface area contributed by atoms with Crippen molar-refractivity contribution in [3.05, 3.63) is 0 Å². The summed E-state index contributed by atoms with van der Waals surface area (Å²) < 4.78 is 0. The number of likely N-dealkylation sites (tertiary alicyclic amines) is 1. The molecule has 0 aromatic carbocycles. The van der Waals surface area contributed by atoms with Crippen LogP contribution < -0.4 is 5.73 Å². The molecular formula is C9H18N2O2. The van der Waals surface area contributed by atoms with Gasteiger partial charge >= 0.3 is 0 Å². The van der Waals surface area contributed by atoms with Crippen LogP contribution >= 0.6 is 0 Å². The van der Waals surface area contributed by atoms with Crippen molar-refractivity contribution >= 4 is 5.91 Å². The highest BCUT2D eigenvalue weighted by molar-refractivity contribution is 5.80. The SMILES string of the molecule is CCC(C)N1CC(O)CC1C(N)=O. The molecular weight excluding hydrogens is 168 g/mol. The van der Waals surface area contributed by atoms with Gasteiger partial charge in [-0.2, -0.15) is 0 Å². The van der Waals surface area contributed by atoms with Gasteiger partial charge in [0.2, 0.25) is 5.91 Å². The molecule has 4 heteroatoms. The molecule has 0 bridgehead atoms. The second kappa shape index (κ2) is 4.07. The molecule has 1 aliphatic rings. The predicted molar refractivity (Wildman–Crippen MR) is 50.1 cm³/mol. The number of hydrogen-bond donors (Lipinski definition) is 2. The molecule has 0 spiro atoms. The molecule has 0 aliphatic carbocycles. The number of nitrogens with two attached hydrogens (primary N) is 1. The van der Waals surface area contributed by atoms with E-state index in [1.807, 2.05) is 11.8 Å². The first-order chi connectivity index (χ1) is 6.06. The van der Waals surface area contributed by atoms with E-state index < -0.39 is 6.10 Å². The number of amides is 1. The summed E-state index contributed by atoms with van der Waals surface area (Å²) in [4.78, 5) is 13.0. The molecule has 3 unspecified atom stereocenters. The minimum Gasteiger partial charge on any atom is -0.392 e. The van der Waals surface area contributed by atoms with Crippen molar-refractivity contribution in [2.75, 3.05) is 6.54 Å². The number of β-amino-alcohol motifs (C(OH)–C–C–N with tert-alkyl or cyclic N) is 1. The lowest BCUT2D eigenvalue weighted by Crippen LogP contribution is -2.44. The maximum atomic E-state index is 11.0. The minimum atomic E-state index is -0.397. The molecule has 13 heavy (non-hydrogen) atoms. The van der Waals surface area contributed by atoms with Crippen molar-refractivity contribution in [3.8, 4) is 0 Å². The van der Waals surface area contributed by atoms with Gasteiger partial charge in [-0.25, -0.2) is 0 Å². The summed E-state index contributed by atoms with van der Waals surface area (Å²) in [6.07, 6.45) is 1.06. The molecule has 1 amide bonds. The Morgan fingerprint density at radius 3 is 2.85 bits per heavy atom. The van der Waals surface area contributed by atoms with E-state index in [2.05, 4.69) is 6.92 Å². The van der Waals surface area contributed by atoms with Gasteiger partial charge in [-0.3, -0.25) is 9.69 Å². The van der Waals surface area contributed by atoms with Crippen LogP contribution in [0.3, 0.4) is 0 Å². The van der Waals surface area contributed by atoms with E-state index >= 15 is 0 Å². The number of carbonyl (C=O) groups is 1. The van der Waals surface area contributed by atoms with E-state index in [0.717, 1.165) is 6.42 Å². The van der Waals surface area contributed by atoms with E-state index in [0.29, 0.717) is 19.0 Å². The smallest absolute Gasteiger partial charge is 0.234 e. The molecule has 3 atom stereocenters. The third-order valence-corrected chi connectivity index (χ3v) is 2.80. The number of primary amides is 1. The third kappa shape index (κ3) is 2.19. The van der Waals surface area contributed by atoms with Crippen LogP contribution in [-0.4, -0.2) is 40.6 Å². The Morgan fingerprint density at radius 1 is 1.77 bits per heavy atom. The Balaban J connectivity index is 2.65. The average molecular weight is 186 g/mol. The van der Waals surface area contributed by atoms with Crippen molar-refractivity contribution in [1.82, 2.24) is 4.90 Å². The molecule has 0 aromatic heterocycles. The van der Waals surface area contributed by atoms with Crippen LogP contribution in [0, 0.1) is 0 Å². The Hall–Kier alpha value is -0.610. The number of aliphatic hydroxyl groups is 1. The number of aliphatic hydroxyl groups excluding tert-OH is 1. The first-order valence-corrected chi connectivity index (χ1v) is 4.79. The fourth-order valence-electron chi connectivity index (χ4n) is 1.84. The zero-order valence-electron chi connectivity index (χ0n) is 8.23. The van der Waals surface area contributed by atoms with E-state index in [-0.39, 0.29) is 11.9 Å². The molecule has 1 aliphatic heterocycles. The summed E-state index contributed by atoms with van der Waals surface area (Å²) in [6.45, 7) is 4.68. The molecule has 4 nitrogen and oxygen atoms in total. The second-order valence-electron chi connectivity index (χ2n) is 3.76. The number of nitrogens with zero attached hydrogens (tertiary/aromatic N) is 1. The summed E-state index contributed by atoms with van der Waals surface area (Å²) in [7, 11) is 0. The third-order valence-electron chi connectivity index (χ3n) is 2.80. The van der Waals surface area contributed by atoms with Gasteiger partial charge in [-0.15, -0.1) is 0 Å². The van der Waals surface area contributed by atoms with E-state index in [4.69, 9.17) is 5.73 Å². The first-order valence-electron chi connectivity index (χ1n) is 4.79. The van der Waals surface area contributed by atoms with E-state index in [1.54, 1.807) is 0 Å². The molecule has 0 aromatic rings. The van der Waals surface area contributed by atoms with Crippen molar-refractivity contribution in [2.24, 2.45) is 5.73 Å². The van der Waals surface area contributed by atoms with Crippen LogP contribution in [0.4, 0.5) is 0 Å². The van der Waals surface area contributed by atoms with Gasteiger partial charge in [0.25, 0.3) is 0 Å². The van der Waals surface area contributed by atoms with Gasteiger partial charge in [0.05, 0.1) is 12.1 Å². The zero-order valence-corrected chi connectivity index (χ0v) is 8.23. The van der Waals surface area contributed by atoms with Crippen molar-refractivity contribution < 1.29 is 9.90 Å². The standard InChI is InChI=1S/C9H18N2O2/c1-3-6(2)11-5-7(12)4-8(11)9(10)13/h6-8,12H,3-5H2,1-2H3,(H2,10,13). The fourth-order valence-corrected chi connectivity index (χ4v) is 1.84. The Labute approximate surface area is 78.7 Å². The summed E-state index contributed by atoms with van der Waals surface area (Å²) >= 11 is 0. The van der Waals surface area contributed by atoms with Crippen LogP contribution in [-0.2, 0) is 4.79 Å². The minimum absolute atomic E-state index is 0.273. The normalized spacial score (nSPS) is 31.9. The maximum Gasteiger partial charge on any atom is 0.234 e. The largest absolute Gasteiger partial charge is 0.392 e. The fraction of sp³-hybridized carbons (Fsp3) is 0.889. The predicted octanol–water partition coefficient (Wildman–Crippen LogP) is -0.295. The van der Waals surface area contributed by atoms with Gasteiger partial charge in [0.1, 0.15) is 0 Å². The molecule has 1 fully saturated rings. The zero-order chi connectivity index (χ0) is 10.0. The quantitative estimate of drug-likeness (QED) is 0.636. The average Bonchev–Trinajstić information content (AvgIpc) is 2.46. The molecule has 0 radical (unpaired) electrons. The lowest BCUT2D eigenvalue weighted by molar-refractivity contribution is -0.122. The van der Waals surface area contributed by atoms with Crippen molar-refractivity contribution in [2.45, 2.75) is 44.9 Å². The number of rotatable bonds is 3. The lowest BCUT2D eigenvalue weighted by Gasteiger charge is -2.27. The Morgan fingerprint density at radius 2 is 2.38 bits per heavy atom. The second-order valence-corrected chi connectivity index (χ2v) is 3.76. The van der Waals surface area contributed by atoms with Crippen LogP contribution in [0.15, 0.2) is 0 Å². The maximum absolute atomic E-state index is 11.0. The monoisotopic (exact) mass is 186 g/mol. The molecule has 1 rings (SSSR count). The molecule has 1 saturated heterocycles. The van der Waals surface area contributed by atoms with Crippen LogP contribution in [0.25, 0.3) is 0 Å². The lowest BCUT2D eigenvalue weighted by atomic mass is 10.1. The molecule has 1 heterocycles. The van der Waals surface area contributed by atoms with Gasteiger partial charge < -0.3 is 10.8 Å². The van der Waals surface area contributed by atoms with Crippen LogP contribution in [0.5, 0.6) is 0 Å². The first kappa shape index (κ1) is 10.5. The Bertz CT molecular complexity index is 196. The highest BCUT2D eigenvalue weighted by Crippen LogP contribution is 2.21. The van der Waals surface area contributed by atoms with Crippen molar-refractivity contribution in [1.29, 1.82) is 0 Å². The van der Waals surface area contributed by atoms with Gasteiger partial charge in [-0.1, -0.05) is 6.92 Å². The number of carbonyl (C=O) groups excluding carboxylic acids is 1. The topological polar surface area (TPSA) is 66.6 Å². The summed E-state index contributed by atoms with van der Waals surface area (Å²) in [5, 5.41) is 9.41. The van der Waals surface area contributed by atoms with Gasteiger partial charge in [0, 0.05) is 12.6 Å². The summed E-state index contributed by atoms with van der Waals surface area (Å²) in [5.74, 6) is -0.322. The van der Waals surface area contributed by atoms with Crippen LogP contribution in [0.2, 0.25) is 0 Å². The molecule has 3 N–H and O–H groups in total. The molecule has 0 saturated carbocycles. The van der Waals surface area contributed by atoms with Crippen LogP contribution in [0.1, 0.15) is 26.7 Å². The highest BCUT2D eigenvalue weighted by atomic mass is 16.3. The van der Waals surface area contributed by atoms with E-state index in [9.17, 15) is 9.90 Å². The van der Waals surface area contributed by atoms with Gasteiger partial charge in [-0.05, 0) is 19.8 Å². The van der Waals surface area contributed by atoms with E-state index in [1.165, 1.54) is 0 Å². The summed E-state index contributed by atoms with van der Waals surface area (Å²) in [6, 6.07) is 0.0413. The summed E-state index contributed by atoms with van der Waals surface area (Å²) in [5.41, 5.74) is 5.25.